The molecule has 0 aliphatic carbocycles. The number of likely N-dealkylation sites (tertiary alicyclic amines) is 1. The number of methoxy groups -OCH3 is 2. The van der Waals surface area contributed by atoms with E-state index in [0.29, 0.717) is 6.54 Å². The fourth-order valence-corrected chi connectivity index (χ4v) is 3.85. The quantitative estimate of drug-likeness (QED) is 0.789. The van der Waals surface area contributed by atoms with E-state index in [-0.39, 0.29) is 11.9 Å². The summed E-state index contributed by atoms with van der Waals surface area (Å²) in [6, 6.07) is 14.2. The van der Waals surface area contributed by atoms with Crippen LogP contribution in [0.15, 0.2) is 42.5 Å². The topological polar surface area (TPSA) is 52.0 Å². The van der Waals surface area contributed by atoms with E-state index in [0.717, 1.165) is 48.6 Å². The number of hydrogen-bond acceptors (Lipinski definition) is 3. The van der Waals surface area contributed by atoms with Crippen LogP contribution >= 0.6 is 0 Å². The van der Waals surface area contributed by atoms with Crippen molar-refractivity contribution in [3.05, 3.63) is 53.6 Å². The lowest BCUT2D eigenvalue weighted by molar-refractivity contribution is -0.910. The Morgan fingerprint density at radius 1 is 1.15 bits per heavy atom. The highest BCUT2D eigenvalue weighted by Crippen LogP contribution is 2.31. The number of anilines is 1. The van der Waals surface area contributed by atoms with Gasteiger partial charge in [0.05, 0.1) is 26.3 Å². The zero-order valence-electron chi connectivity index (χ0n) is 16.4. The predicted octanol–water partition coefficient (Wildman–Crippen LogP) is 2.62. The number of amides is 1. The largest absolute Gasteiger partial charge is 0.497 e. The summed E-state index contributed by atoms with van der Waals surface area (Å²) < 4.78 is 10.9. The molecular formula is C22H29N2O3+. The van der Waals surface area contributed by atoms with E-state index in [4.69, 9.17) is 9.47 Å². The van der Waals surface area contributed by atoms with Crippen molar-refractivity contribution in [1.82, 2.24) is 0 Å². The number of hydrogen-bond donors (Lipinski definition) is 2. The Hall–Kier alpha value is -2.53. The number of carbonyl (C=O) groups excluding carboxylic acids is 1. The van der Waals surface area contributed by atoms with Crippen molar-refractivity contribution >= 4 is 11.6 Å². The molecule has 1 heterocycles. The third-order valence-corrected chi connectivity index (χ3v) is 5.33. The second kappa shape index (κ2) is 8.91. The van der Waals surface area contributed by atoms with Crippen LogP contribution in [0.1, 0.15) is 36.9 Å². The summed E-state index contributed by atoms with van der Waals surface area (Å²) in [5.41, 5.74) is 3.24. The first-order valence-corrected chi connectivity index (χ1v) is 9.60. The maximum absolute atomic E-state index is 12.6. The van der Waals surface area contributed by atoms with Crippen molar-refractivity contribution in [1.29, 1.82) is 0 Å². The van der Waals surface area contributed by atoms with Crippen LogP contribution in [0.25, 0.3) is 0 Å². The highest BCUT2D eigenvalue weighted by Gasteiger charge is 2.34. The molecule has 3 rings (SSSR count). The van der Waals surface area contributed by atoms with Crippen molar-refractivity contribution in [3.63, 3.8) is 0 Å². The molecule has 1 aliphatic heterocycles. The molecule has 0 radical (unpaired) electrons. The molecule has 5 heteroatoms. The van der Waals surface area contributed by atoms with Crippen LogP contribution in [0.3, 0.4) is 0 Å². The molecule has 2 aromatic carbocycles. The van der Waals surface area contributed by atoms with Gasteiger partial charge in [0, 0.05) is 18.5 Å². The van der Waals surface area contributed by atoms with Gasteiger partial charge in [-0.25, -0.2) is 0 Å². The van der Waals surface area contributed by atoms with Crippen LogP contribution < -0.4 is 19.7 Å². The molecule has 1 amide bonds. The Morgan fingerprint density at radius 3 is 2.59 bits per heavy atom. The normalized spacial score (nSPS) is 18.9. The van der Waals surface area contributed by atoms with Crippen molar-refractivity contribution in [2.75, 3.05) is 32.6 Å². The van der Waals surface area contributed by atoms with Crippen LogP contribution in [0.4, 0.5) is 5.69 Å². The van der Waals surface area contributed by atoms with Crippen LogP contribution in [-0.4, -0.2) is 33.2 Å². The number of carbonyl (C=O) groups is 1. The van der Waals surface area contributed by atoms with Gasteiger partial charge in [-0.15, -0.1) is 0 Å². The molecule has 1 saturated heterocycles. The van der Waals surface area contributed by atoms with Gasteiger partial charge < -0.3 is 19.7 Å². The first kappa shape index (κ1) is 19.2. The van der Waals surface area contributed by atoms with Crippen molar-refractivity contribution in [2.45, 2.75) is 32.2 Å². The van der Waals surface area contributed by atoms with E-state index in [1.54, 1.807) is 14.2 Å². The van der Waals surface area contributed by atoms with E-state index in [1.807, 2.05) is 30.3 Å². The van der Waals surface area contributed by atoms with Crippen LogP contribution in [0.2, 0.25) is 0 Å². The molecule has 144 valence electrons. The number of benzene rings is 2. The molecule has 5 nitrogen and oxygen atoms in total. The van der Waals surface area contributed by atoms with Crippen molar-refractivity contribution in [2.24, 2.45) is 0 Å². The zero-order valence-corrected chi connectivity index (χ0v) is 16.4. The van der Waals surface area contributed by atoms with Gasteiger partial charge >= 0.3 is 0 Å². The van der Waals surface area contributed by atoms with Gasteiger partial charge in [-0.2, -0.15) is 0 Å². The van der Waals surface area contributed by atoms with E-state index in [1.165, 1.54) is 10.5 Å². The first-order valence-electron chi connectivity index (χ1n) is 9.60. The van der Waals surface area contributed by atoms with Gasteiger partial charge in [-0.3, -0.25) is 4.79 Å². The molecule has 27 heavy (non-hydrogen) atoms. The lowest BCUT2D eigenvalue weighted by Gasteiger charge is -2.23. The summed E-state index contributed by atoms with van der Waals surface area (Å²) in [7, 11) is 3.36. The van der Waals surface area contributed by atoms with Gasteiger partial charge in [-0.1, -0.05) is 19.1 Å². The molecule has 0 bridgehead atoms. The Kier molecular flexibility index (Phi) is 6.35. The molecule has 2 N–H and O–H groups in total. The molecule has 0 aromatic heterocycles. The van der Waals surface area contributed by atoms with Gasteiger partial charge in [0.25, 0.3) is 5.91 Å². The molecule has 1 unspecified atom stereocenters. The van der Waals surface area contributed by atoms with E-state index in [9.17, 15) is 4.79 Å². The molecular weight excluding hydrogens is 340 g/mol. The molecule has 2 aromatic rings. The van der Waals surface area contributed by atoms with Crippen LogP contribution in [-0.2, 0) is 11.2 Å². The molecule has 1 aliphatic rings. The average Bonchev–Trinajstić information content (AvgIpc) is 3.15. The fraction of sp³-hybridized carbons (Fsp3) is 0.409. The first-order chi connectivity index (χ1) is 13.1. The maximum Gasteiger partial charge on any atom is 0.279 e. The van der Waals surface area contributed by atoms with Gasteiger partial charge in [0.1, 0.15) is 17.5 Å². The van der Waals surface area contributed by atoms with Crippen molar-refractivity contribution < 1.29 is 19.2 Å². The third-order valence-electron chi connectivity index (χ3n) is 5.33. The summed E-state index contributed by atoms with van der Waals surface area (Å²) in [6.45, 7) is 3.55. The minimum absolute atomic E-state index is 0.0445. The van der Waals surface area contributed by atoms with Gasteiger partial charge in [0.2, 0.25) is 0 Å². The Bertz CT molecular complexity index is 774. The number of nitrogens with one attached hydrogen (secondary N) is 2. The van der Waals surface area contributed by atoms with E-state index in [2.05, 4.69) is 24.4 Å². The van der Waals surface area contributed by atoms with E-state index >= 15 is 0 Å². The molecule has 0 saturated carbocycles. The third kappa shape index (κ3) is 4.61. The summed E-state index contributed by atoms with van der Waals surface area (Å²) in [5, 5.41) is 3.03. The zero-order chi connectivity index (χ0) is 19.2. The van der Waals surface area contributed by atoms with Gasteiger partial charge in [0.15, 0.2) is 6.54 Å². The lowest BCUT2D eigenvalue weighted by atomic mass is 10.0. The molecule has 0 spiro atoms. The Balaban J connectivity index is 1.70. The highest BCUT2D eigenvalue weighted by molar-refractivity contribution is 5.91. The SMILES string of the molecule is CCc1ccc(NC(=O)C[NH+]2CCC[C@@H]2c2cc(OC)ccc2OC)cc1. The minimum Gasteiger partial charge on any atom is -0.497 e. The maximum atomic E-state index is 12.6. The summed E-state index contributed by atoms with van der Waals surface area (Å²) in [6.07, 6.45) is 3.13. The fourth-order valence-electron chi connectivity index (χ4n) is 3.85. The molecule has 2 atom stereocenters. The highest BCUT2D eigenvalue weighted by atomic mass is 16.5. The lowest BCUT2D eigenvalue weighted by Crippen LogP contribution is -3.11. The smallest absolute Gasteiger partial charge is 0.279 e. The Labute approximate surface area is 161 Å². The summed E-state index contributed by atoms with van der Waals surface area (Å²) >= 11 is 0. The standard InChI is InChI=1S/C22H28N2O3/c1-4-16-7-9-17(10-8-16)23-22(25)15-24-13-5-6-20(24)19-14-18(26-2)11-12-21(19)27-3/h7-12,14,20H,4-6,13,15H2,1-3H3,(H,23,25)/p+1/t20-/m1/s1. The minimum atomic E-state index is 0.0445. The van der Waals surface area contributed by atoms with Crippen LogP contribution in [0.5, 0.6) is 11.5 Å². The number of aryl methyl sites for hydroxylation is 1. The number of quaternary nitrogens is 1. The second-order valence-electron chi connectivity index (χ2n) is 6.99. The predicted molar refractivity (Wildman–Crippen MR) is 107 cm³/mol. The van der Waals surface area contributed by atoms with Gasteiger partial charge in [-0.05, 0) is 42.3 Å². The monoisotopic (exact) mass is 369 g/mol. The number of ether oxygens (including phenoxy) is 2. The Morgan fingerprint density at radius 2 is 1.93 bits per heavy atom. The number of rotatable bonds is 7. The van der Waals surface area contributed by atoms with Crippen LogP contribution in [0, 0.1) is 0 Å². The summed E-state index contributed by atoms with van der Waals surface area (Å²) in [4.78, 5) is 13.9. The van der Waals surface area contributed by atoms with Crippen molar-refractivity contribution in [3.8, 4) is 11.5 Å². The van der Waals surface area contributed by atoms with E-state index < -0.39 is 0 Å². The summed E-state index contributed by atoms with van der Waals surface area (Å²) in [5.74, 6) is 1.72. The molecule has 1 fully saturated rings. The second-order valence-corrected chi connectivity index (χ2v) is 6.99. The average molecular weight is 369 g/mol.